The summed E-state index contributed by atoms with van der Waals surface area (Å²) in [5.74, 6) is 0.361. The standard InChI is InChI=1S/C24H38N4O/c1-19(2)6-7-20(3)27-15-10-23(11-16-27)28-13-8-22(9-14-28)24(29)26-18-21-5-4-12-25-17-21/h4-5,12,17,20,22-23H,1,6-11,13-16,18H2,2-3H3,(H,26,29). The van der Waals surface area contributed by atoms with E-state index in [1.165, 1.54) is 37.9 Å². The molecule has 0 spiro atoms. The highest BCUT2D eigenvalue weighted by Gasteiger charge is 2.31. The number of nitrogens with one attached hydrogen (secondary N) is 1. The fourth-order valence-electron chi connectivity index (χ4n) is 4.69. The molecule has 2 fully saturated rings. The zero-order valence-electron chi connectivity index (χ0n) is 18.3. The maximum atomic E-state index is 12.5. The van der Waals surface area contributed by atoms with Crippen molar-refractivity contribution in [2.45, 2.75) is 71.0 Å². The summed E-state index contributed by atoms with van der Waals surface area (Å²) in [6.45, 7) is 13.6. The first-order valence-electron chi connectivity index (χ1n) is 11.3. The number of pyridine rings is 1. The molecule has 1 atom stereocenters. The van der Waals surface area contributed by atoms with Crippen LogP contribution in [0.2, 0.25) is 0 Å². The molecule has 1 aromatic heterocycles. The molecule has 0 aromatic carbocycles. The molecule has 2 aliphatic heterocycles. The lowest BCUT2D eigenvalue weighted by atomic mass is 9.92. The smallest absolute Gasteiger partial charge is 0.223 e. The van der Waals surface area contributed by atoms with Crippen molar-refractivity contribution in [3.63, 3.8) is 0 Å². The van der Waals surface area contributed by atoms with Crippen LogP contribution in [0.5, 0.6) is 0 Å². The van der Waals surface area contributed by atoms with Crippen molar-refractivity contribution in [3.8, 4) is 0 Å². The highest BCUT2D eigenvalue weighted by atomic mass is 16.1. The van der Waals surface area contributed by atoms with E-state index in [2.05, 4.69) is 40.5 Å². The van der Waals surface area contributed by atoms with Crippen molar-refractivity contribution < 1.29 is 4.79 Å². The molecule has 1 unspecified atom stereocenters. The Morgan fingerprint density at radius 2 is 1.97 bits per heavy atom. The van der Waals surface area contributed by atoms with Gasteiger partial charge in [-0.1, -0.05) is 11.6 Å². The summed E-state index contributed by atoms with van der Waals surface area (Å²) in [5, 5.41) is 3.09. The fourth-order valence-corrected chi connectivity index (χ4v) is 4.69. The normalized spacial score (nSPS) is 21.0. The first-order valence-corrected chi connectivity index (χ1v) is 11.3. The minimum atomic E-state index is 0.158. The second-order valence-corrected chi connectivity index (χ2v) is 9.00. The fraction of sp³-hybridized carbons (Fsp3) is 0.667. The van der Waals surface area contributed by atoms with E-state index in [0.717, 1.165) is 37.9 Å². The van der Waals surface area contributed by atoms with Gasteiger partial charge in [0.2, 0.25) is 5.91 Å². The number of amides is 1. The van der Waals surface area contributed by atoms with Gasteiger partial charge in [-0.05, 0) is 90.2 Å². The lowest BCUT2D eigenvalue weighted by molar-refractivity contribution is -0.126. The predicted molar refractivity (Wildman–Crippen MR) is 118 cm³/mol. The molecule has 160 valence electrons. The molecule has 5 heteroatoms. The number of hydrogen-bond donors (Lipinski definition) is 1. The van der Waals surface area contributed by atoms with E-state index in [0.29, 0.717) is 18.6 Å². The van der Waals surface area contributed by atoms with Crippen LogP contribution < -0.4 is 5.32 Å². The van der Waals surface area contributed by atoms with Crippen LogP contribution in [0.15, 0.2) is 36.7 Å². The van der Waals surface area contributed by atoms with Crippen molar-refractivity contribution in [1.82, 2.24) is 20.1 Å². The van der Waals surface area contributed by atoms with E-state index < -0.39 is 0 Å². The van der Waals surface area contributed by atoms with E-state index in [9.17, 15) is 4.79 Å². The summed E-state index contributed by atoms with van der Waals surface area (Å²) < 4.78 is 0. The third-order valence-electron chi connectivity index (χ3n) is 6.72. The quantitative estimate of drug-likeness (QED) is 0.680. The Morgan fingerprint density at radius 1 is 1.24 bits per heavy atom. The van der Waals surface area contributed by atoms with Crippen LogP contribution in [0.3, 0.4) is 0 Å². The van der Waals surface area contributed by atoms with Crippen molar-refractivity contribution in [1.29, 1.82) is 0 Å². The van der Waals surface area contributed by atoms with E-state index >= 15 is 0 Å². The molecular formula is C24H38N4O. The number of aromatic nitrogens is 1. The van der Waals surface area contributed by atoms with Crippen molar-refractivity contribution in [2.75, 3.05) is 26.2 Å². The zero-order valence-corrected chi connectivity index (χ0v) is 18.3. The van der Waals surface area contributed by atoms with Gasteiger partial charge in [0.15, 0.2) is 0 Å². The van der Waals surface area contributed by atoms with Crippen LogP contribution in [-0.2, 0) is 11.3 Å². The second kappa shape index (κ2) is 10.9. The SMILES string of the molecule is C=C(C)CCC(C)N1CCC(N2CCC(C(=O)NCc3cccnc3)CC2)CC1. The summed E-state index contributed by atoms with van der Waals surface area (Å²) in [6.07, 6.45) is 10.4. The number of rotatable bonds is 8. The van der Waals surface area contributed by atoms with Crippen LogP contribution in [0.1, 0.15) is 57.9 Å². The van der Waals surface area contributed by atoms with E-state index in [1.807, 2.05) is 18.3 Å². The van der Waals surface area contributed by atoms with Gasteiger partial charge < -0.3 is 15.1 Å². The molecular weight excluding hydrogens is 360 g/mol. The molecule has 0 aliphatic carbocycles. The maximum Gasteiger partial charge on any atom is 0.223 e. The molecule has 3 heterocycles. The summed E-state index contributed by atoms with van der Waals surface area (Å²) >= 11 is 0. The van der Waals surface area contributed by atoms with Gasteiger partial charge in [-0.2, -0.15) is 0 Å². The first-order chi connectivity index (χ1) is 14.0. The zero-order chi connectivity index (χ0) is 20.6. The van der Waals surface area contributed by atoms with Crippen LogP contribution in [0, 0.1) is 5.92 Å². The van der Waals surface area contributed by atoms with Gasteiger partial charge in [0.25, 0.3) is 0 Å². The van der Waals surface area contributed by atoms with E-state index in [1.54, 1.807) is 6.20 Å². The molecule has 5 nitrogen and oxygen atoms in total. The number of hydrogen-bond acceptors (Lipinski definition) is 4. The topological polar surface area (TPSA) is 48.5 Å². The molecule has 29 heavy (non-hydrogen) atoms. The number of nitrogens with zero attached hydrogens (tertiary/aromatic N) is 3. The van der Waals surface area contributed by atoms with Crippen LogP contribution in [0.25, 0.3) is 0 Å². The minimum absolute atomic E-state index is 0.158. The summed E-state index contributed by atoms with van der Waals surface area (Å²) in [4.78, 5) is 21.9. The first kappa shape index (κ1) is 22.0. The van der Waals surface area contributed by atoms with Crippen molar-refractivity contribution in [3.05, 3.63) is 42.2 Å². The summed E-state index contributed by atoms with van der Waals surface area (Å²) in [6, 6.07) is 5.26. The number of carbonyl (C=O) groups is 1. The molecule has 0 radical (unpaired) electrons. The van der Waals surface area contributed by atoms with Crippen LogP contribution >= 0.6 is 0 Å². The van der Waals surface area contributed by atoms with E-state index in [-0.39, 0.29) is 11.8 Å². The predicted octanol–water partition coefficient (Wildman–Crippen LogP) is 3.62. The minimum Gasteiger partial charge on any atom is -0.352 e. The number of allylic oxidation sites excluding steroid dienone is 1. The lowest BCUT2D eigenvalue weighted by Gasteiger charge is -2.43. The molecule has 1 amide bonds. The maximum absolute atomic E-state index is 12.5. The van der Waals surface area contributed by atoms with E-state index in [4.69, 9.17) is 0 Å². The molecule has 2 aliphatic rings. The third-order valence-corrected chi connectivity index (χ3v) is 6.72. The van der Waals surface area contributed by atoms with Gasteiger partial charge >= 0.3 is 0 Å². The van der Waals surface area contributed by atoms with Gasteiger partial charge in [-0.25, -0.2) is 0 Å². The van der Waals surface area contributed by atoms with Gasteiger partial charge in [0.05, 0.1) is 0 Å². The number of carbonyl (C=O) groups excluding carboxylic acids is 1. The molecule has 1 aromatic rings. The Labute approximate surface area is 176 Å². The Bertz CT molecular complexity index is 646. The Balaban J connectivity index is 1.35. The highest BCUT2D eigenvalue weighted by molar-refractivity contribution is 5.78. The Hall–Kier alpha value is -1.72. The van der Waals surface area contributed by atoms with Gasteiger partial charge in [0.1, 0.15) is 0 Å². The Kier molecular flexibility index (Phi) is 8.25. The number of likely N-dealkylation sites (tertiary alicyclic amines) is 2. The van der Waals surface area contributed by atoms with Gasteiger partial charge in [-0.3, -0.25) is 9.78 Å². The second-order valence-electron chi connectivity index (χ2n) is 9.00. The van der Waals surface area contributed by atoms with Crippen molar-refractivity contribution >= 4 is 5.91 Å². The van der Waals surface area contributed by atoms with Gasteiger partial charge in [0, 0.05) is 36.9 Å². The molecule has 2 saturated heterocycles. The number of piperidine rings is 2. The van der Waals surface area contributed by atoms with Crippen LogP contribution in [-0.4, -0.2) is 59.0 Å². The molecule has 0 saturated carbocycles. The average molecular weight is 399 g/mol. The molecule has 0 bridgehead atoms. The largest absolute Gasteiger partial charge is 0.352 e. The monoisotopic (exact) mass is 398 g/mol. The summed E-state index contributed by atoms with van der Waals surface area (Å²) in [5.41, 5.74) is 2.35. The Morgan fingerprint density at radius 3 is 2.59 bits per heavy atom. The third kappa shape index (κ3) is 6.65. The molecule has 3 rings (SSSR count). The molecule has 1 N–H and O–H groups in total. The average Bonchev–Trinajstić information content (AvgIpc) is 2.76. The highest BCUT2D eigenvalue weighted by Crippen LogP contribution is 2.25. The lowest BCUT2D eigenvalue weighted by Crippen LogP contribution is -2.50. The van der Waals surface area contributed by atoms with Gasteiger partial charge in [-0.15, -0.1) is 6.58 Å². The van der Waals surface area contributed by atoms with Crippen molar-refractivity contribution in [2.24, 2.45) is 5.92 Å². The summed E-state index contributed by atoms with van der Waals surface area (Å²) in [7, 11) is 0. The van der Waals surface area contributed by atoms with Crippen LogP contribution in [0.4, 0.5) is 0 Å².